The minimum atomic E-state index is -4.15. The Labute approximate surface area is 236 Å². The van der Waals surface area contributed by atoms with Crippen molar-refractivity contribution in [2.75, 3.05) is 17.4 Å². The van der Waals surface area contributed by atoms with Crippen LogP contribution in [0.4, 0.5) is 5.69 Å². The molecule has 9 heteroatoms. The fourth-order valence-electron chi connectivity index (χ4n) is 4.42. The van der Waals surface area contributed by atoms with Gasteiger partial charge in [-0.25, -0.2) is 8.42 Å². The summed E-state index contributed by atoms with van der Waals surface area (Å²) in [5, 5.41) is 3.15. The molecule has 0 spiro atoms. The number of sulfonamides is 1. The predicted molar refractivity (Wildman–Crippen MR) is 156 cm³/mol. The lowest BCUT2D eigenvalue weighted by Crippen LogP contribution is -2.52. The molecule has 3 aromatic carbocycles. The second-order valence-corrected chi connectivity index (χ2v) is 11.9. The van der Waals surface area contributed by atoms with Crippen LogP contribution >= 0.6 is 11.6 Å². The number of carbonyl (C=O) groups is 2. The van der Waals surface area contributed by atoms with Gasteiger partial charge in [-0.15, -0.1) is 0 Å². The summed E-state index contributed by atoms with van der Waals surface area (Å²) in [7, 11) is -4.15. The van der Waals surface area contributed by atoms with Crippen LogP contribution in [0.2, 0.25) is 5.02 Å². The van der Waals surface area contributed by atoms with Gasteiger partial charge in [-0.05, 0) is 69.5 Å². The van der Waals surface area contributed by atoms with Gasteiger partial charge in [-0.3, -0.25) is 13.9 Å². The number of amides is 2. The van der Waals surface area contributed by atoms with Gasteiger partial charge in [-0.1, -0.05) is 72.1 Å². The summed E-state index contributed by atoms with van der Waals surface area (Å²) >= 11 is 6.28. The number of halogens is 1. The van der Waals surface area contributed by atoms with Crippen molar-refractivity contribution in [1.29, 1.82) is 0 Å². The first-order valence-corrected chi connectivity index (χ1v) is 14.8. The fraction of sp³-hybridized carbons (Fsp3) is 0.333. The van der Waals surface area contributed by atoms with Crippen molar-refractivity contribution < 1.29 is 18.0 Å². The van der Waals surface area contributed by atoms with Gasteiger partial charge in [0.25, 0.3) is 10.0 Å². The lowest BCUT2D eigenvalue weighted by molar-refractivity contribution is -0.140. The number of likely N-dealkylation sites (N-methyl/N-ethyl adjacent to an activating group) is 1. The first kappa shape index (κ1) is 30.2. The molecule has 7 nitrogen and oxygen atoms in total. The number of nitrogens with zero attached hydrogens (tertiary/aromatic N) is 2. The molecule has 0 heterocycles. The summed E-state index contributed by atoms with van der Waals surface area (Å²) < 4.78 is 29.0. The molecule has 1 N–H and O–H groups in total. The van der Waals surface area contributed by atoms with E-state index in [9.17, 15) is 18.0 Å². The number of aryl methyl sites for hydroxylation is 3. The van der Waals surface area contributed by atoms with Crippen LogP contribution in [0.5, 0.6) is 0 Å². The van der Waals surface area contributed by atoms with Crippen molar-refractivity contribution in [2.24, 2.45) is 0 Å². The third-order valence-corrected chi connectivity index (χ3v) is 8.51. The molecule has 0 aliphatic carbocycles. The summed E-state index contributed by atoms with van der Waals surface area (Å²) in [5.41, 5.74) is 3.72. The summed E-state index contributed by atoms with van der Waals surface area (Å²) in [6, 6.07) is 18.3. The Hall–Kier alpha value is -3.36. The van der Waals surface area contributed by atoms with Crippen molar-refractivity contribution in [3.8, 4) is 0 Å². The monoisotopic (exact) mass is 569 g/mol. The number of benzene rings is 3. The maximum absolute atomic E-state index is 14.1. The van der Waals surface area contributed by atoms with Crippen LogP contribution in [-0.2, 0) is 26.2 Å². The number of hydrogen-bond donors (Lipinski definition) is 1. The topological polar surface area (TPSA) is 86.8 Å². The van der Waals surface area contributed by atoms with E-state index in [1.165, 1.54) is 17.0 Å². The zero-order valence-corrected chi connectivity index (χ0v) is 24.6. The molecule has 0 aliphatic heterocycles. The molecule has 0 bridgehead atoms. The minimum Gasteiger partial charge on any atom is -0.355 e. The maximum atomic E-state index is 14.1. The molecule has 0 aromatic heterocycles. The second kappa shape index (κ2) is 13.1. The van der Waals surface area contributed by atoms with Crippen LogP contribution in [0.15, 0.2) is 71.6 Å². The van der Waals surface area contributed by atoms with Crippen LogP contribution in [0.3, 0.4) is 0 Å². The second-order valence-electron chi connectivity index (χ2n) is 9.58. The Morgan fingerprint density at radius 2 is 1.62 bits per heavy atom. The van der Waals surface area contributed by atoms with Crippen molar-refractivity contribution in [3.05, 3.63) is 94.0 Å². The van der Waals surface area contributed by atoms with E-state index in [1.807, 2.05) is 52.0 Å². The van der Waals surface area contributed by atoms with Crippen molar-refractivity contribution in [1.82, 2.24) is 10.2 Å². The summed E-state index contributed by atoms with van der Waals surface area (Å²) in [4.78, 5) is 28.6. The van der Waals surface area contributed by atoms with Crippen LogP contribution in [0.1, 0.15) is 42.5 Å². The largest absolute Gasteiger partial charge is 0.355 e. The summed E-state index contributed by atoms with van der Waals surface area (Å²) in [6.45, 7) is 9.30. The normalized spacial score (nSPS) is 12.1. The SMILES string of the molecule is CCNC(=O)[C@H](CC)N(Cc1cccc(C)c1)C(=O)CN(c1cc(Cl)ccc1C)S(=O)(=O)c1ccc(C)cc1. The molecular weight excluding hydrogens is 534 g/mol. The third-order valence-electron chi connectivity index (χ3n) is 6.50. The highest BCUT2D eigenvalue weighted by Gasteiger charge is 2.34. The maximum Gasteiger partial charge on any atom is 0.264 e. The lowest BCUT2D eigenvalue weighted by Gasteiger charge is -2.33. The van der Waals surface area contributed by atoms with Crippen molar-refractivity contribution >= 4 is 39.1 Å². The molecule has 0 aliphatic rings. The summed E-state index contributed by atoms with van der Waals surface area (Å²) in [6.07, 6.45) is 0.365. The van der Waals surface area contributed by atoms with E-state index in [1.54, 1.807) is 37.3 Å². The van der Waals surface area contributed by atoms with Gasteiger partial charge in [0.1, 0.15) is 12.6 Å². The van der Waals surface area contributed by atoms with Crippen molar-refractivity contribution in [3.63, 3.8) is 0 Å². The average Bonchev–Trinajstić information content (AvgIpc) is 2.89. The molecular formula is C30H36ClN3O4S. The van der Waals surface area contributed by atoms with E-state index in [2.05, 4.69) is 5.32 Å². The number of nitrogens with one attached hydrogen (secondary N) is 1. The Morgan fingerprint density at radius 1 is 0.923 bits per heavy atom. The number of anilines is 1. The van der Waals surface area contributed by atoms with E-state index in [0.717, 1.165) is 21.0 Å². The molecule has 39 heavy (non-hydrogen) atoms. The van der Waals surface area contributed by atoms with Gasteiger partial charge >= 0.3 is 0 Å². The van der Waals surface area contributed by atoms with Crippen LogP contribution < -0.4 is 9.62 Å². The third kappa shape index (κ3) is 7.40. The number of hydrogen-bond acceptors (Lipinski definition) is 4. The number of rotatable bonds is 11. The lowest BCUT2D eigenvalue weighted by atomic mass is 10.1. The average molecular weight is 570 g/mol. The molecule has 3 aromatic rings. The van der Waals surface area contributed by atoms with Crippen LogP contribution in [-0.4, -0.2) is 44.3 Å². The smallest absolute Gasteiger partial charge is 0.264 e. The van der Waals surface area contributed by atoms with Crippen LogP contribution in [0, 0.1) is 20.8 Å². The van der Waals surface area contributed by atoms with E-state index >= 15 is 0 Å². The molecule has 3 rings (SSSR count). The molecule has 1 atom stereocenters. The van der Waals surface area contributed by atoms with Gasteiger partial charge in [0, 0.05) is 18.1 Å². The molecule has 0 fully saturated rings. The van der Waals surface area contributed by atoms with E-state index in [-0.39, 0.29) is 17.3 Å². The summed E-state index contributed by atoms with van der Waals surface area (Å²) in [5.74, 6) is -0.780. The van der Waals surface area contributed by atoms with Gasteiger partial charge in [0.2, 0.25) is 11.8 Å². The van der Waals surface area contributed by atoms with Crippen molar-refractivity contribution in [2.45, 2.75) is 58.5 Å². The standard InChI is InChI=1S/C30H36ClN3O4S/c1-6-27(30(36)32-7-2)33(19-24-10-8-9-22(4)17-24)29(35)20-34(28-18-25(31)14-13-23(28)5)39(37,38)26-15-11-21(3)12-16-26/h8-18,27H,6-7,19-20H2,1-5H3,(H,32,36)/t27-/m0/s1. The zero-order valence-electron chi connectivity index (χ0n) is 23.1. The Morgan fingerprint density at radius 3 is 2.23 bits per heavy atom. The first-order chi connectivity index (χ1) is 18.5. The molecule has 0 unspecified atom stereocenters. The van der Waals surface area contributed by atoms with E-state index in [4.69, 9.17) is 11.6 Å². The highest BCUT2D eigenvalue weighted by atomic mass is 35.5. The highest BCUT2D eigenvalue weighted by Crippen LogP contribution is 2.30. The molecule has 0 saturated heterocycles. The Kier molecular flexibility index (Phi) is 10.2. The van der Waals surface area contributed by atoms with Gasteiger partial charge in [0.15, 0.2) is 0 Å². The quantitative estimate of drug-likeness (QED) is 0.335. The fourth-order valence-corrected chi connectivity index (χ4v) is 6.06. The molecule has 2 amide bonds. The number of carbonyl (C=O) groups excluding carboxylic acids is 2. The predicted octanol–water partition coefficient (Wildman–Crippen LogP) is 5.40. The first-order valence-electron chi connectivity index (χ1n) is 13.0. The molecule has 0 radical (unpaired) electrons. The highest BCUT2D eigenvalue weighted by molar-refractivity contribution is 7.92. The van der Waals surface area contributed by atoms with Gasteiger partial charge in [-0.2, -0.15) is 0 Å². The minimum absolute atomic E-state index is 0.0567. The van der Waals surface area contributed by atoms with Crippen LogP contribution in [0.25, 0.3) is 0 Å². The van der Waals surface area contributed by atoms with Gasteiger partial charge in [0.05, 0.1) is 10.6 Å². The Bertz CT molecular complexity index is 1420. The molecule has 208 valence electrons. The molecule has 0 saturated carbocycles. The Balaban J connectivity index is 2.11. The zero-order chi connectivity index (χ0) is 28.7. The van der Waals surface area contributed by atoms with Gasteiger partial charge < -0.3 is 10.2 Å². The van der Waals surface area contributed by atoms with E-state index in [0.29, 0.717) is 29.2 Å². The van der Waals surface area contributed by atoms with E-state index < -0.39 is 28.5 Å².